The molecule has 13 nitrogen and oxygen atoms in total. The van der Waals surface area contributed by atoms with Crippen LogP contribution in [0.4, 0.5) is 0 Å². The molecule has 0 spiro atoms. The molecule has 1 saturated heterocycles. The summed E-state index contributed by atoms with van der Waals surface area (Å²) in [5, 5.41) is 86.3. The fraction of sp³-hybridized carbons (Fsp3) is 1.00. The highest BCUT2D eigenvalue weighted by Gasteiger charge is 2.63. The molecule has 0 radical (unpaired) electrons. The highest BCUT2D eigenvalue weighted by Crippen LogP contribution is 2.30. The second-order valence-corrected chi connectivity index (χ2v) is 6.59. The summed E-state index contributed by atoms with van der Waals surface area (Å²) in [6.45, 7) is -6.27. The molecule has 0 unspecified atom stereocenters. The van der Waals surface area contributed by atoms with Crippen LogP contribution in [0.1, 0.15) is 12.8 Å². The number of nitrogens with zero attached hydrogens (tertiary/aromatic N) is 3. The van der Waals surface area contributed by atoms with Gasteiger partial charge in [-0.25, -0.2) is 0 Å². The quantitative estimate of drug-likeness (QED) is 0.112. The smallest absolute Gasteiger partial charge is 0.360 e. The monoisotopic (exact) mass is 406 g/mol. The minimum atomic E-state index is -1.58. The Balaban J connectivity index is 0.00000115. The van der Waals surface area contributed by atoms with Crippen molar-refractivity contribution in [2.45, 2.75) is 19.1 Å². The van der Waals surface area contributed by atoms with Crippen molar-refractivity contribution in [3.8, 4) is 0 Å². The van der Waals surface area contributed by atoms with Crippen LogP contribution in [0.15, 0.2) is 0 Å². The molecule has 1 aliphatic rings. The Bertz CT molecular complexity index is 294. The molecule has 9 N–H and O–H groups in total. The van der Waals surface area contributed by atoms with E-state index in [1.54, 1.807) is 0 Å². The third kappa shape index (κ3) is 5.74. The summed E-state index contributed by atoms with van der Waals surface area (Å²) in [5.41, 5.74) is 0. The Morgan fingerprint density at radius 1 is 0.481 bits per heavy atom. The van der Waals surface area contributed by atoms with E-state index < -0.39 is 80.3 Å². The molecule has 27 heavy (non-hydrogen) atoms. The molecule has 1 rings (SSSR count). The molecule has 0 aliphatic carbocycles. The third-order valence-electron chi connectivity index (χ3n) is 4.83. The van der Waals surface area contributed by atoms with Gasteiger partial charge in [0.15, 0.2) is 60.6 Å². The number of hydrogen-bond acceptors (Lipinski definition) is 10. The van der Waals surface area contributed by atoms with Gasteiger partial charge in [-0.1, -0.05) is 0 Å². The van der Waals surface area contributed by atoms with Crippen LogP contribution in [0.2, 0.25) is 0 Å². The standard InChI is InChI=1S/C10H28N3O9.C4H8O/c14-1-11(2-15,3-16)10(12(4-17,5-18)6-19)13(7-20,8-21)9-22;1-2-4-5-3-1/h10,14-22H,1-9H2;1-4H2/q+3;. The van der Waals surface area contributed by atoms with E-state index >= 15 is 0 Å². The molecule has 0 atom stereocenters. The summed E-state index contributed by atoms with van der Waals surface area (Å²) < 4.78 is 1.83. The fourth-order valence-electron chi connectivity index (χ4n) is 3.13. The van der Waals surface area contributed by atoms with Gasteiger partial charge in [0.2, 0.25) is 0 Å². The van der Waals surface area contributed by atoms with Crippen molar-refractivity contribution in [1.82, 2.24) is 0 Å². The summed E-state index contributed by atoms with van der Waals surface area (Å²) in [4.78, 5) is 0. The third-order valence-corrected chi connectivity index (χ3v) is 4.83. The first-order chi connectivity index (χ1) is 12.9. The number of hydrogen-bond donors (Lipinski definition) is 9. The molecule has 13 heteroatoms. The van der Waals surface area contributed by atoms with Crippen molar-refractivity contribution in [3.05, 3.63) is 0 Å². The number of aliphatic hydroxyl groups is 9. The molecule has 164 valence electrons. The lowest BCUT2D eigenvalue weighted by molar-refractivity contribution is -1.31. The first kappa shape index (κ1) is 26.5. The van der Waals surface area contributed by atoms with E-state index in [9.17, 15) is 46.0 Å². The van der Waals surface area contributed by atoms with Crippen molar-refractivity contribution >= 4 is 0 Å². The molecule has 0 amide bonds. The molecule has 1 fully saturated rings. The zero-order valence-electron chi connectivity index (χ0n) is 15.5. The van der Waals surface area contributed by atoms with Crippen LogP contribution in [0.3, 0.4) is 0 Å². The summed E-state index contributed by atoms with van der Waals surface area (Å²) in [7, 11) is 0. The van der Waals surface area contributed by atoms with Gasteiger partial charge in [0.1, 0.15) is 0 Å². The Hall–Kier alpha value is -0.520. The highest BCUT2D eigenvalue weighted by molar-refractivity contribution is 4.43. The lowest BCUT2D eigenvalue weighted by Gasteiger charge is -2.52. The van der Waals surface area contributed by atoms with E-state index in [1.165, 1.54) is 12.8 Å². The molecule has 1 heterocycles. The Morgan fingerprint density at radius 2 is 0.704 bits per heavy atom. The molecular formula is C14H36N3O10+3. The number of quaternary nitrogens is 3. The van der Waals surface area contributed by atoms with E-state index in [2.05, 4.69) is 0 Å². The summed E-state index contributed by atoms with van der Waals surface area (Å²) in [6.07, 6.45) is 0.972. The second kappa shape index (κ2) is 12.8. The SMILES string of the molecule is C1CCOC1.OC[N+](CO)(CO)C([N+](CO)(CO)CO)[N+](CO)(CO)CO. The van der Waals surface area contributed by atoms with Gasteiger partial charge < -0.3 is 50.7 Å². The van der Waals surface area contributed by atoms with Gasteiger partial charge in [0.25, 0.3) is 0 Å². The maximum Gasteiger partial charge on any atom is 0.360 e. The zero-order chi connectivity index (χ0) is 21.0. The Kier molecular flexibility index (Phi) is 12.6. The van der Waals surface area contributed by atoms with Gasteiger partial charge in [-0.3, -0.25) is 0 Å². The minimum Gasteiger partial charge on any atom is -0.381 e. The zero-order valence-corrected chi connectivity index (χ0v) is 15.5. The largest absolute Gasteiger partial charge is 0.381 e. The van der Waals surface area contributed by atoms with Crippen LogP contribution in [-0.2, 0) is 4.74 Å². The van der Waals surface area contributed by atoms with Gasteiger partial charge in [0.05, 0.1) is 0 Å². The van der Waals surface area contributed by atoms with Crippen LogP contribution in [0.5, 0.6) is 0 Å². The first-order valence-electron chi connectivity index (χ1n) is 8.54. The highest BCUT2D eigenvalue weighted by atomic mass is 16.5. The number of aliphatic hydroxyl groups excluding tert-OH is 9. The van der Waals surface area contributed by atoms with E-state index in [-0.39, 0.29) is 0 Å². The van der Waals surface area contributed by atoms with Crippen LogP contribution < -0.4 is 0 Å². The van der Waals surface area contributed by atoms with E-state index in [0.29, 0.717) is 0 Å². The average Bonchev–Trinajstić information content (AvgIpc) is 3.32. The maximum atomic E-state index is 9.59. The summed E-state index contributed by atoms with van der Waals surface area (Å²) in [5.74, 6) is 0. The molecule has 0 saturated carbocycles. The van der Waals surface area contributed by atoms with Crippen LogP contribution in [0, 0.1) is 0 Å². The van der Waals surface area contributed by atoms with E-state index in [0.717, 1.165) is 13.2 Å². The van der Waals surface area contributed by atoms with Gasteiger partial charge in [0, 0.05) is 13.2 Å². The Labute approximate surface area is 158 Å². The summed E-state index contributed by atoms with van der Waals surface area (Å²) in [6, 6.07) is 0. The van der Waals surface area contributed by atoms with Gasteiger partial charge >= 0.3 is 6.29 Å². The lowest BCUT2D eigenvalue weighted by Crippen LogP contribution is -2.83. The van der Waals surface area contributed by atoms with Crippen molar-refractivity contribution < 1.29 is 64.1 Å². The predicted molar refractivity (Wildman–Crippen MR) is 88.4 cm³/mol. The minimum absolute atomic E-state index is 0.919. The molecule has 0 bridgehead atoms. The molecule has 1 aliphatic heterocycles. The summed E-state index contributed by atoms with van der Waals surface area (Å²) >= 11 is 0. The van der Waals surface area contributed by atoms with Crippen LogP contribution >= 0.6 is 0 Å². The average molecular weight is 406 g/mol. The van der Waals surface area contributed by atoms with Crippen LogP contribution in [0.25, 0.3) is 0 Å². The van der Waals surface area contributed by atoms with Crippen molar-refractivity contribution in [2.75, 3.05) is 73.8 Å². The fourth-order valence-corrected chi connectivity index (χ4v) is 3.13. The van der Waals surface area contributed by atoms with E-state index in [4.69, 9.17) is 4.74 Å². The molecular weight excluding hydrogens is 370 g/mol. The number of ether oxygens (including phenoxy) is 1. The lowest BCUT2D eigenvalue weighted by atomic mass is 10.3. The normalized spacial score (nSPS) is 15.8. The van der Waals surface area contributed by atoms with Gasteiger partial charge in [-0.2, -0.15) is 13.4 Å². The second-order valence-electron chi connectivity index (χ2n) is 6.59. The van der Waals surface area contributed by atoms with Crippen molar-refractivity contribution in [2.24, 2.45) is 0 Å². The molecule has 0 aromatic heterocycles. The topological polar surface area (TPSA) is 191 Å². The maximum absolute atomic E-state index is 9.59. The number of rotatable bonds is 12. The molecule has 0 aromatic carbocycles. The van der Waals surface area contributed by atoms with Gasteiger partial charge in [-0.15, -0.1) is 0 Å². The van der Waals surface area contributed by atoms with Crippen LogP contribution in [-0.4, -0.2) is 139 Å². The first-order valence-corrected chi connectivity index (χ1v) is 8.54. The predicted octanol–water partition coefficient (Wildman–Crippen LogP) is -4.93. The van der Waals surface area contributed by atoms with Crippen molar-refractivity contribution in [3.63, 3.8) is 0 Å². The Morgan fingerprint density at radius 3 is 0.815 bits per heavy atom. The van der Waals surface area contributed by atoms with Gasteiger partial charge in [-0.05, 0) is 12.8 Å². The molecule has 0 aromatic rings. The van der Waals surface area contributed by atoms with E-state index in [1.807, 2.05) is 0 Å². The van der Waals surface area contributed by atoms with Crippen molar-refractivity contribution in [1.29, 1.82) is 0 Å².